The summed E-state index contributed by atoms with van der Waals surface area (Å²) in [7, 11) is 0. The number of anilines is 1. The zero-order valence-electron chi connectivity index (χ0n) is 15.6. The summed E-state index contributed by atoms with van der Waals surface area (Å²) in [6.45, 7) is 9.01. The first-order valence-electron chi connectivity index (χ1n) is 8.82. The molecule has 1 aliphatic rings. The fourth-order valence-electron chi connectivity index (χ4n) is 3.05. The second kappa shape index (κ2) is 7.29. The highest BCUT2D eigenvalue weighted by atomic mass is 35.5. The highest BCUT2D eigenvalue weighted by molar-refractivity contribution is 6.30. The molecule has 0 radical (unpaired) electrons. The van der Waals surface area contributed by atoms with Crippen molar-refractivity contribution in [3.8, 4) is 5.75 Å². The molecule has 0 aliphatic carbocycles. The summed E-state index contributed by atoms with van der Waals surface area (Å²) in [5.74, 6) is 0.632. The highest BCUT2D eigenvalue weighted by Crippen LogP contribution is 2.33. The lowest BCUT2D eigenvalue weighted by Gasteiger charge is -2.47. The zero-order valence-corrected chi connectivity index (χ0v) is 16.4. The van der Waals surface area contributed by atoms with E-state index in [4.69, 9.17) is 16.3 Å². The van der Waals surface area contributed by atoms with Gasteiger partial charge in [-0.2, -0.15) is 0 Å². The predicted molar refractivity (Wildman–Crippen MR) is 106 cm³/mol. The van der Waals surface area contributed by atoms with E-state index in [-0.39, 0.29) is 17.5 Å². The van der Waals surface area contributed by atoms with E-state index in [1.54, 1.807) is 24.3 Å². The van der Waals surface area contributed by atoms with Crippen LogP contribution in [-0.2, 0) is 4.79 Å². The van der Waals surface area contributed by atoms with Crippen LogP contribution in [0.25, 0.3) is 0 Å². The van der Waals surface area contributed by atoms with Crippen LogP contribution in [0.3, 0.4) is 0 Å². The van der Waals surface area contributed by atoms with Gasteiger partial charge in [0.25, 0.3) is 5.91 Å². The molecular formula is C21H25ClN2O2. The SMILES string of the molecule is Cc1ccccc1N1C(=O)[C@H](Oc2ccc(Cl)cc2)[C@@H]1CNC(C)(C)C. The van der Waals surface area contributed by atoms with Crippen molar-refractivity contribution >= 4 is 23.2 Å². The molecule has 1 heterocycles. The molecule has 2 aromatic carbocycles. The summed E-state index contributed by atoms with van der Waals surface area (Å²) in [5, 5.41) is 4.14. The summed E-state index contributed by atoms with van der Waals surface area (Å²) in [6, 6.07) is 15.0. The van der Waals surface area contributed by atoms with Gasteiger partial charge in [0.1, 0.15) is 5.75 Å². The third-order valence-electron chi connectivity index (χ3n) is 4.46. The number of benzene rings is 2. The number of aryl methyl sites for hydroxylation is 1. The fraction of sp³-hybridized carbons (Fsp3) is 0.381. The molecule has 3 rings (SSSR count). The highest BCUT2D eigenvalue weighted by Gasteiger charge is 2.50. The Morgan fingerprint density at radius 1 is 1.12 bits per heavy atom. The van der Waals surface area contributed by atoms with Crippen molar-refractivity contribution in [3.63, 3.8) is 0 Å². The number of ether oxygens (including phenoxy) is 1. The number of hydrogen-bond donors (Lipinski definition) is 1. The van der Waals surface area contributed by atoms with Crippen molar-refractivity contribution in [1.82, 2.24) is 5.32 Å². The number of β-lactam (4-membered cyclic amide) rings is 1. The average molecular weight is 373 g/mol. The van der Waals surface area contributed by atoms with Gasteiger partial charge in [0.05, 0.1) is 6.04 Å². The van der Waals surface area contributed by atoms with E-state index < -0.39 is 6.10 Å². The Morgan fingerprint density at radius 3 is 2.38 bits per heavy atom. The van der Waals surface area contributed by atoms with Gasteiger partial charge in [0.2, 0.25) is 0 Å². The van der Waals surface area contributed by atoms with Crippen LogP contribution in [0.5, 0.6) is 5.75 Å². The van der Waals surface area contributed by atoms with Crippen molar-refractivity contribution in [2.24, 2.45) is 0 Å². The molecule has 138 valence electrons. The van der Waals surface area contributed by atoms with E-state index in [0.717, 1.165) is 11.3 Å². The maximum absolute atomic E-state index is 12.9. The number of nitrogens with zero attached hydrogens (tertiary/aromatic N) is 1. The lowest BCUT2D eigenvalue weighted by molar-refractivity contribution is -0.134. The monoisotopic (exact) mass is 372 g/mol. The van der Waals surface area contributed by atoms with Gasteiger partial charge in [0, 0.05) is 22.8 Å². The maximum atomic E-state index is 12.9. The molecule has 0 bridgehead atoms. The lowest BCUT2D eigenvalue weighted by Crippen LogP contribution is -2.71. The summed E-state index contributed by atoms with van der Waals surface area (Å²) in [4.78, 5) is 14.7. The third kappa shape index (κ3) is 4.02. The minimum Gasteiger partial charge on any atom is -0.478 e. The number of rotatable bonds is 5. The van der Waals surface area contributed by atoms with Crippen LogP contribution >= 0.6 is 11.6 Å². The van der Waals surface area contributed by atoms with Crippen molar-refractivity contribution in [1.29, 1.82) is 0 Å². The second-order valence-corrected chi connectivity index (χ2v) is 8.12. The van der Waals surface area contributed by atoms with Crippen LogP contribution in [-0.4, -0.2) is 30.1 Å². The topological polar surface area (TPSA) is 41.6 Å². The van der Waals surface area contributed by atoms with Crippen LogP contribution < -0.4 is 15.0 Å². The molecular weight excluding hydrogens is 348 g/mol. The Kier molecular flexibility index (Phi) is 5.26. The van der Waals surface area contributed by atoms with Gasteiger partial charge in [-0.15, -0.1) is 0 Å². The van der Waals surface area contributed by atoms with Gasteiger partial charge in [-0.05, 0) is 63.6 Å². The summed E-state index contributed by atoms with van der Waals surface area (Å²) in [6.07, 6.45) is -0.509. The van der Waals surface area contributed by atoms with Crippen molar-refractivity contribution in [2.45, 2.75) is 45.4 Å². The normalized spacial score (nSPS) is 20.0. The quantitative estimate of drug-likeness (QED) is 0.800. The largest absolute Gasteiger partial charge is 0.478 e. The fourth-order valence-corrected chi connectivity index (χ4v) is 3.17. The molecule has 2 atom stereocenters. The first-order chi connectivity index (χ1) is 12.3. The van der Waals surface area contributed by atoms with Gasteiger partial charge in [-0.1, -0.05) is 29.8 Å². The van der Waals surface area contributed by atoms with E-state index in [2.05, 4.69) is 26.1 Å². The van der Waals surface area contributed by atoms with Crippen LogP contribution in [0.4, 0.5) is 5.69 Å². The van der Waals surface area contributed by atoms with Crippen LogP contribution in [0.1, 0.15) is 26.3 Å². The van der Waals surface area contributed by atoms with Crippen LogP contribution in [0.2, 0.25) is 5.02 Å². The molecule has 1 N–H and O–H groups in total. The number of hydrogen-bond acceptors (Lipinski definition) is 3. The van der Waals surface area contributed by atoms with E-state index in [1.807, 2.05) is 36.1 Å². The summed E-state index contributed by atoms with van der Waals surface area (Å²) < 4.78 is 6.00. The number of carbonyl (C=O) groups is 1. The summed E-state index contributed by atoms with van der Waals surface area (Å²) in [5.41, 5.74) is 1.97. The van der Waals surface area contributed by atoms with E-state index in [1.165, 1.54) is 0 Å². The molecule has 0 aromatic heterocycles. The van der Waals surface area contributed by atoms with E-state index in [9.17, 15) is 4.79 Å². The zero-order chi connectivity index (χ0) is 18.9. The Bertz CT molecular complexity index is 783. The van der Waals surface area contributed by atoms with Gasteiger partial charge in [0.15, 0.2) is 6.10 Å². The van der Waals surface area contributed by atoms with Crippen molar-refractivity contribution < 1.29 is 9.53 Å². The Hall–Kier alpha value is -2.04. The molecule has 1 saturated heterocycles. The third-order valence-corrected chi connectivity index (χ3v) is 4.71. The van der Waals surface area contributed by atoms with Crippen LogP contribution in [0, 0.1) is 6.92 Å². The molecule has 4 nitrogen and oxygen atoms in total. The number of amides is 1. The molecule has 0 saturated carbocycles. The number of halogens is 1. The molecule has 1 fully saturated rings. The number of para-hydroxylation sites is 1. The number of carbonyl (C=O) groups excluding carboxylic acids is 1. The lowest BCUT2D eigenvalue weighted by atomic mass is 9.94. The molecule has 1 amide bonds. The molecule has 1 aliphatic heterocycles. The second-order valence-electron chi connectivity index (χ2n) is 7.69. The smallest absolute Gasteiger partial charge is 0.270 e. The Morgan fingerprint density at radius 2 is 1.77 bits per heavy atom. The molecule has 0 unspecified atom stereocenters. The minimum atomic E-state index is -0.509. The standard InChI is InChI=1S/C21H25ClN2O2/c1-14-7-5-6-8-17(14)24-18(13-23-21(2,3)4)19(20(24)25)26-16-11-9-15(22)10-12-16/h5-12,18-19,23H,13H2,1-4H3/t18-,19+/m0/s1. The van der Waals surface area contributed by atoms with Gasteiger partial charge in [-0.25, -0.2) is 0 Å². The minimum absolute atomic E-state index is 0.0186. The molecule has 26 heavy (non-hydrogen) atoms. The molecule has 2 aromatic rings. The predicted octanol–water partition coefficient (Wildman–Crippen LogP) is 4.20. The number of nitrogens with one attached hydrogen (secondary N) is 1. The van der Waals surface area contributed by atoms with Gasteiger partial charge in [-0.3, -0.25) is 4.79 Å². The molecule has 5 heteroatoms. The average Bonchev–Trinajstić information content (AvgIpc) is 2.58. The van der Waals surface area contributed by atoms with Crippen LogP contribution in [0.15, 0.2) is 48.5 Å². The first kappa shape index (κ1) is 18.7. The Labute approximate surface area is 160 Å². The van der Waals surface area contributed by atoms with Gasteiger partial charge < -0.3 is 15.0 Å². The van der Waals surface area contributed by atoms with Gasteiger partial charge >= 0.3 is 0 Å². The van der Waals surface area contributed by atoms with E-state index in [0.29, 0.717) is 17.3 Å². The summed E-state index contributed by atoms with van der Waals surface area (Å²) >= 11 is 5.93. The van der Waals surface area contributed by atoms with Crippen molar-refractivity contribution in [2.75, 3.05) is 11.4 Å². The molecule has 0 spiro atoms. The van der Waals surface area contributed by atoms with Crippen molar-refractivity contribution in [3.05, 3.63) is 59.1 Å². The Balaban J connectivity index is 1.82. The maximum Gasteiger partial charge on any atom is 0.270 e. The van der Waals surface area contributed by atoms with E-state index >= 15 is 0 Å². The first-order valence-corrected chi connectivity index (χ1v) is 9.20.